The summed E-state index contributed by atoms with van der Waals surface area (Å²) in [5, 5.41) is 8.63. The lowest BCUT2D eigenvalue weighted by atomic mass is 10.4. The molecule has 0 aliphatic carbocycles. The lowest BCUT2D eigenvalue weighted by molar-refractivity contribution is 0.621. The molecule has 1 aromatic rings. The molecule has 58 valence electrons. The van der Waals surface area contributed by atoms with E-state index >= 15 is 0 Å². The minimum atomic E-state index is -0.215. The Kier molecular flexibility index (Phi) is 5.90. The maximum Gasteiger partial charge on any atom is 0.137 e. The first-order valence-electron chi connectivity index (χ1n) is 2.65. The Morgan fingerprint density at radius 2 is 1.91 bits per heavy atom. The Balaban J connectivity index is 0.000000292. The Hall–Kier alpha value is -0.530. The molecule has 0 unspecified atom stereocenters. The third-order valence-corrected chi connectivity index (χ3v) is 1.47. The summed E-state index contributed by atoms with van der Waals surface area (Å²) in [6.07, 6.45) is 0. The van der Waals surface area contributed by atoms with Crippen molar-refractivity contribution in [2.24, 2.45) is 0 Å². The van der Waals surface area contributed by atoms with Crippen LogP contribution in [-0.4, -0.2) is 0 Å². The molecule has 0 spiro atoms. The highest BCUT2D eigenvalue weighted by molar-refractivity contribution is 9.10. The molecule has 0 amide bonds. The molecule has 0 fully saturated rings. The number of nitrogens with zero attached hydrogens (tertiary/aromatic N) is 1. The normalized spacial score (nSPS) is 7.45. The summed E-state index contributed by atoms with van der Waals surface area (Å²) in [4.78, 5) is 0. The van der Waals surface area contributed by atoms with E-state index in [1.54, 1.807) is 18.2 Å². The number of thiocyanates is 1. The van der Waals surface area contributed by atoms with Crippen LogP contribution in [-0.2, 0) is 0 Å². The van der Waals surface area contributed by atoms with E-state index in [2.05, 4.69) is 28.6 Å². The van der Waals surface area contributed by atoms with E-state index in [0.29, 0.717) is 4.47 Å². The van der Waals surface area contributed by atoms with Crippen LogP contribution in [0.5, 0.6) is 0 Å². The summed E-state index contributed by atoms with van der Waals surface area (Å²) < 4.78 is 12.8. The molecule has 4 heteroatoms. The zero-order valence-corrected chi connectivity index (χ0v) is 7.94. The van der Waals surface area contributed by atoms with Crippen LogP contribution in [0.3, 0.4) is 0 Å². The first kappa shape index (κ1) is 10.5. The van der Waals surface area contributed by atoms with Crippen molar-refractivity contribution < 1.29 is 4.39 Å². The van der Waals surface area contributed by atoms with Crippen molar-refractivity contribution in [3.8, 4) is 5.40 Å². The van der Waals surface area contributed by atoms with Gasteiger partial charge in [0.2, 0.25) is 0 Å². The van der Waals surface area contributed by atoms with Gasteiger partial charge in [0.25, 0.3) is 0 Å². The smallest absolute Gasteiger partial charge is 0.137 e. The number of thiol groups is 1. The minimum Gasteiger partial charge on any atom is -0.206 e. The molecule has 1 rings (SSSR count). The zero-order valence-electron chi connectivity index (χ0n) is 5.46. The van der Waals surface area contributed by atoms with Gasteiger partial charge in [-0.1, -0.05) is 24.8 Å². The molecular formula is C7H5BrFNS. The molecule has 11 heavy (non-hydrogen) atoms. The van der Waals surface area contributed by atoms with Crippen LogP contribution in [0.25, 0.3) is 0 Å². The lowest BCUT2D eigenvalue weighted by Gasteiger charge is -1.87. The van der Waals surface area contributed by atoms with Gasteiger partial charge in [-0.3, -0.25) is 0 Å². The lowest BCUT2D eigenvalue weighted by Crippen LogP contribution is -1.70. The van der Waals surface area contributed by atoms with Crippen molar-refractivity contribution in [1.82, 2.24) is 0 Å². The molecule has 0 N–H and O–H groups in total. The van der Waals surface area contributed by atoms with Gasteiger partial charge in [0.1, 0.15) is 11.2 Å². The molecule has 0 bridgehead atoms. The van der Waals surface area contributed by atoms with E-state index < -0.39 is 0 Å². The SMILES string of the molecule is Fc1ccccc1Br.N#CS. The number of hydrogen-bond donors (Lipinski definition) is 1. The van der Waals surface area contributed by atoms with Crippen LogP contribution in [0.15, 0.2) is 28.7 Å². The maximum absolute atomic E-state index is 12.3. The van der Waals surface area contributed by atoms with E-state index in [1.165, 1.54) is 11.5 Å². The molecule has 0 atom stereocenters. The number of hydrogen-bond acceptors (Lipinski definition) is 2. The van der Waals surface area contributed by atoms with E-state index in [-0.39, 0.29) is 5.82 Å². The highest BCUT2D eigenvalue weighted by atomic mass is 79.9. The fourth-order valence-electron chi connectivity index (χ4n) is 0.439. The van der Waals surface area contributed by atoms with Gasteiger partial charge in [-0.15, -0.1) is 0 Å². The first-order chi connectivity index (χ1) is 5.22. The molecular weight excluding hydrogens is 229 g/mol. The quantitative estimate of drug-likeness (QED) is 0.541. The fourth-order valence-corrected chi connectivity index (χ4v) is 0.724. The number of rotatable bonds is 0. The molecule has 0 heterocycles. The Bertz CT molecular complexity index is 238. The monoisotopic (exact) mass is 233 g/mol. The standard InChI is InChI=1S/C6H4BrF.CHNS/c7-5-3-1-2-4-6(5)8;2-1-3/h1-4H;3H. The summed E-state index contributed by atoms with van der Waals surface area (Å²) in [6.45, 7) is 0. The van der Waals surface area contributed by atoms with Crippen LogP contribution < -0.4 is 0 Å². The molecule has 0 radical (unpaired) electrons. The summed E-state index contributed by atoms with van der Waals surface area (Å²) in [5.74, 6) is -0.215. The van der Waals surface area contributed by atoms with Crippen molar-refractivity contribution in [3.63, 3.8) is 0 Å². The second-order valence-corrected chi connectivity index (χ2v) is 2.57. The molecule has 0 saturated carbocycles. The van der Waals surface area contributed by atoms with Crippen LogP contribution in [0.2, 0.25) is 0 Å². The molecule has 0 saturated heterocycles. The van der Waals surface area contributed by atoms with E-state index in [1.807, 2.05) is 0 Å². The maximum atomic E-state index is 12.3. The van der Waals surface area contributed by atoms with Crippen molar-refractivity contribution in [2.75, 3.05) is 0 Å². The molecule has 1 aromatic carbocycles. The Morgan fingerprint density at radius 1 is 1.45 bits per heavy atom. The third kappa shape index (κ3) is 4.82. The predicted molar refractivity (Wildman–Crippen MR) is 48.7 cm³/mol. The van der Waals surface area contributed by atoms with Gasteiger partial charge in [-0.25, -0.2) is 4.39 Å². The molecule has 0 aliphatic heterocycles. The van der Waals surface area contributed by atoms with Crippen LogP contribution >= 0.6 is 28.6 Å². The van der Waals surface area contributed by atoms with Gasteiger partial charge >= 0.3 is 0 Å². The molecule has 0 aliphatic rings. The van der Waals surface area contributed by atoms with E-state index in [9.17, 15) is 4.39 Å². The third-order valence-electron chi connectivity index (χ3n) is 0.824. The number of halogens is 2. The second-order valence-electron chi connectivity index (χ2n) is 1.51. The largest absolute Gasteiger partial charge is 0.206 e. The van der Waals surface area contributed by atoms with Crippen molar-refractivity contribution in [3.05, 3.63) is 34.6 Å². The van der Waals surface area contributed by atoms with E-state index in [4.69, 9.17) is 5.26 Å². The van der Waals surface area contributed by atoms with Crippen molar-refractivity contribution in [2.45, 2.75) is 0 Å². The van der Waals surface area contributed by atoms with Gasteiger partial charge in [-0.2, -0.15) is 5.26 Å². The fraction of sp³-hybridized carbons (Fsp3) is 0. The van der Waals surface area contributed by atoms with Gasteiger partial charge in [0.05, 0.1) is 4.47 Å². The van der Waals surface area contributed by atoms with Gasteiger partial charge in [-0.05, 0) is 28.1 Å². The number of benzene rings is 1. The molecule has 0 aromatic heterocycles. The summed E-state index contributed by atoms with van der Waals surface area (Å²) in [5.41, 5.74) is 0. The summed E-state index contributed by atoms with van der Waals surface area (Å²) >= 11 is 6.11. The van der Waals surface area contributed by atoms with Crippen LogP contribution in [0.4, 0.5) is 4.39 Å². The average molecular weight is 234 g/mol. The summed E-state index contributed by atoms with van der Waals surface area (Å²) in [6, 6.07) is 6.49. The molecule has 1 nitrogen and oxygen atoms in total. The minimum absolute atomic E-state index is 0.215. The van der Waals surface area contributed by atoms with Crippen LogP contribution in [0.1, 0.15) is 0 Å². The summed E-state index contributed by atoms with van der Waals surface area (Å²) in [7, 11) is 0. The van der Waals surface area contributed by atoms with Gasteiger partial charge in [0.15, 0.2) is 0 Å². The van der Waals surface area contributed by atoms with Crippen molar-refractivity contribution >= 4 is 28.6 Å². The topological polar surface area (TPSA) is 23.8 Å². The Labute approximate surface area is 78.4 Å². The number of nitriles is 1. The van der Waals surface area contributed by atoms with E-state index in [0.717, 1.165) is 0 Å². The van der Waals surface area contributed by atoms with Crippen molar-refractivity contribution in [1.29, 1.82) is 5.26 Å². The Morgan fingerprint density at radius 3 is 2.18 bits per heavy atom. The second kappa shape index (κ2) is 6.20. The first-order valence-corrected chi connectivity index (χ1v) is 3.89. The zero-order chi connectivity index (χ0) is 8.69. The van der Waals surface area contributed by atoms with Crippen LogP contribution in [0, 0.1) is 16.5 Å². The highest BCUT2D eigenvalue weighted by Crippen LogP contribution is 2.12. The van der Waals surface area contributed by atoms with Gasteiger partial charge in [0, 0.05) is 0 Å². The van der Waals surface area contributed by atoms with Gasteiger partial charge < -0.3 is 0 Å². The average Bonchev–Trinajstić information content (AvgIpc) is 1.97. The predicted octanol–water partition coefficient (Wildman–Crippen LogP) is 2.99. The highest BCUT2D eigenvalue weighted by Gasteiger charge is 1.90.